The minimum atomic E-state index is -4.63. The van der Waals surface area contributed by atoms with Crippen molar-refractivity contribution >= 4 is 21.6 Å². The molecular weight excluding hydrogens is 341 g/mol. The molecule has 0 aliphatic carbocycles. The van der Waals surface area contributed by atoms with Gasteiger partial charge in [-0.25, -0.2) is 8.42 Å². The van der Waals surface area contributed by atoms with Gasteiger partial charge in [0.1, 0.15) is 4.90 Å². The Hall–Kier alpha value is -0.830. The van der Waals surface area contributed by atoms with Crippen molar-refractivity contribution in [2.24, 2.45) is 11.7 Å². The van der Waals surface area contributed by atoms with Gasteiger partial charge < -0.3 is 5.73 Å². The van der Waals surface area contributed by atoms with Crippen LogP contribution in [0.3, 0.4) is 0 Å². The van der Waals surface area contributed by atoms with Crippen molar-refractivity contribution in [3.05, 3.63) is 28.8 Å². The topological polar surface area (TPSA) is 63.4 Å². The highest BCUT2D eigenvalue weighted by atomic mass is 35.5. The molecule has 0 bridgehead atoms. The van der Waals surface area contributed by atoms with Crippen LogP contribution in [0, 0.1) is 5.92 Å². The van der Waals surface area contributed by atoms with E-state index >= 15 is 0 Å². The van der Waals surface area contributed by atoms with Crippen molar-refractivity contribution in [1.82, 2.24) is 4.31 Å². The molecule has 1 saturated heterocycles. The summed E-state index contributed by atoms with van der Waals surface area (Å²) in [5.41, 5.74) is 4.52. The maximum absolute atomic E-state index is 12.8. The quantitative estimate of drug-likeness (QED) is 0.905. The molecule has 1 fully saturated rings. The number of rotatable bonds is 3. The van der Waals surface area contributed by atoms with Crippen LogP contribution in [-0.2, 0) is 16.2 Å². The molecule has 0 saturated carbocycles. The monoisotopic (exact) mass is 356 g/mol. The van der Waals surface area contributed by atoms with Crippen LogP contribution in [0.5, 0.6) is 0 Å². The van der Waals surface area contributed by atoms with Gasteiger partial charge in [0.25, 0.3) is 0 Å². The molecule has 4 nitrogen and oxygen atoms in total. The largest absolute Gasteiger partial charge is 0.416 e. The first kappa shape index (κ1) is 17.5. The molecule has 0 amide bonds. The molecule has 9 heteroatoms. The Labute approximate surface area is 132 Å². The highest BCUT2D eigenvalue weighted by molar-refractivity contribution is 7.89. The van der Waals surface area contributed by atoms with E-state index in [0.29, 0.717) is 19.0 Å². The van der Waals surface area contributed by atoms with Gasteiger partial charge in [0.15, 0.2) is 0 Å². The second-order valence-electron chi connectivity index (χ2n) is 5.25. The number of nitrogens with zero attached hydrogens (tertiary/aromatic N) is 1. The van der Waals surface area contributed by atoms with Gasteiger partial charge in [0.2, 0.25) is 10.0 Å². The second kappa shape index (κ2) is 6.35. The number of sulfonamides is 1. The number of alkyl halides is 3. The van der Waals surface area contributed by atoms with E-state index in [2.05, 4.69) is 0 Å². The molecule has 0 spiro atoms. The summed E-state index contributed by atoms with van der Waals surface area (Å²) in [5.74, 6) is 0.00750. The van der Waals surface area contributed by atoms with E-state index in [-0.39, 0.29) is 24.0 Å². The van der Waals surface area contributed by atoms with E-state index in [0.717, 1.165) is 22.9 Å². The van der Waals surface area contributed by atoms with Crippen LogP contribution >= 0.6 is 11.6 Å². The Balaban J connectivity index is 2.41. The number of benzene rings is 1. The summed E-state index contributed by atoms with van der Waals surface area (Å²) in [7, 11) is -4.07. The van der Waals surface area contributed by atoms with Crippen LogP contribution in [0.25, 0.3) is 0 Å². The zero-order chi connectivity index (χ0) is 16.5. The van der Waals surface area contributed by atoms with E-state index in [9.17, 15) is 21.6 Å². The lowest BCUT2D eigenvalue weighted by Crippen LogP contribution is -2.42. The molecule has 1 heterocycles. The standard InChI is InChI=1S/C13H16ClF3N2O2S/c14-11-4-3-10(13(15,16)17)6-12(11)22(20,21)19-5-1-2-9(7-18)8-19/h3-4,6,9H,1-2,5,7-8,18H2. The molecule has 1 aliphatic rings. The number of piperidine rings is 1. The lowest BCUT2D eigenvalue weighted by atomic mass is 10.0. The van der Waals surface area contributed by atoms with Crippen molar-refractivity contribution in [3.8, 4) is 0 Å². The molecule has 2 N–H and O–H groups in total. The van der Waals surface area contributed by atoms with E-state index < -0.39 is 26.7 Å². The van der Waals surface area contributed by atoms with Gasteiger partial charge in [-0.05, 0) is 43.5 Å². The molecule has 22 heavy (non-hydrogen) atoms. The van der Waals surface area contributed by atoms with Gasteiger partial charge in [-0.15, -0.1) is 0 Å². The summed E-state index contributed by atoms with van der Waals surface area (Å²) in [6.07, 6.45) is -3.20. The lowest BCUT2D eigenvalue weighted by molar-refractivity contribution is -0.137. The zero-order valence-corrected chi connectivity index (χ0v) is 13.2. The summed E-state index contributed by atoms with van der Waals surface area (Å²) >= 11 is 5.82. The Morgan fingerprint density at radius 3 is 2.64 bits per heavy atom. The third-order valence-electron chi connectivity index (χ3n) is 3.69. The summed E-state index contributed by atoms with van der Waals surface area (Å²) in [6, 6.07) is 2.31. The minimum Gasteiger partial charge on any atom is -0.330 e. The molecule has 1 atom stereocenters. The van der Waals surface area contributed by atoms with Gasteiger partial charge in [-0.1, -0.05) is 11.6 Å². The lowest BCUT2D eigenvalue weighted by Gasteiger charge is -2.31. The Morgan fingerprint density at radius 1 is 1.36 bits per heavy atom. The van der Waals surface area contributed by atoms with Crippen molar-refractivity contribution < 1.29 is 21.6 Å². The first-order valence-electron chi connectivity index (χ1n) is 6.73. The second-order valence-corrected chi connectivity index (χ2v) is 7.56. The number of nitrogens with two attached hydrogens (primary N) is 1. The Kier molecular flexibility index (Phi) is 5.06. The normalized spacial score (nSPS) is 21.0. The fraction of sp³-hybridized carbons (Fsp3) is 0.538. The fourth-order valence-corrected chi connectivity index (χ4v) is 4.51. The predicted octanol–water partition coefficient (Wildman–Crippen LogP) is 2.72. The van der Waals surface area contributed by atoms with E-state index in [1.807, 2.05) is 0 Å². The molecule has 0 aromatic heterocycles. The first-order valence-corrected chi connectivity index (χ1v) is 8.55. The van der Waals surface area contributed by atoms with E-state index in [4.69, 9.17) is 17.3 Å². The summed E-state index contributed by atoms with van der Waals surface area (Å²) < 4.78 is 64.7. The number of hydrogen-bond donors (Lipinski definition) is 1. The van der Waals surface area contributed by atoms with Crippen molar-refractivity contribution in [2.45, 2.75) is 23.9 Å². The molecule has 0 radical (unpaired) electrons. The van der Waals surface area contributed by atoms with Gasteiger partial charge in [-0.2, -0.15) is 17.5 Å². The van der Waals surface area contributed by atoms with Crippen LogP contribution in [-0.4, -0.2) is 32.4 Å². The molecule has 1 aliphatic heterocycles. The highest BCUT2D eigenvalue weighted by Crippen LogP contribution is 2.35. The van der Waals surface area contributed by atoms with Gasteiger partial charge >= 0.3 is 6.18 Å². The van der Waals surface area contributed by atoms with Gasteiger partial charge in [-0.3, -0.25) is 0 Å². The molecule has 124 valence electrons. The molecule has 1 unspecified atom stereocenters. The number of hydrogen-bond acceptors (Lipinski definition) is 3. The summed E-state index contributed by atoms with van der Waals surface area (Å²) in [5, 5.41) is -0.220. The van der Waals surface area contributed by atoms with Gasteiger partial charge in [0, 0.05) is 13.1 Å². The van der Waals surface area contributed by atoms with Crippen LogP contribution in [0.1, 0.15) is 18.4 Å². The van der Waals surface area contributed by atoms with Crippen molar-refractivity contribution in [3.63, 3.8) is 0 Å². The van der Waals surface area contributed by atoms with E-state index in [1.165, 1.54) is 0 Å². The van der Waals surface area contributed by atoms with Crippen LogP contribution in [0.15, 0.2) is 23.1 Å². The Morgan fingerprint density at radius 2 is 2.05 bits per heavy atom. The summed E-state index contributed by atoms with van der Waals surface area (Å²) in [4.78, 5) is -0.512. The van der Waals surface area contributed by atoms with Crippen LogP contribution in [0.2, 0.25) is 5.02 Å². The highest BCUT2D eigenvalue weighted by Gasteiger charge is 2.35. The summed E-state index contributed by atoms with van der Waals surface area (Å²) in [6.45, 7) is 0.791. The van der Waals surface area contributed by atoms with Crippen molar-refractivity contribution in [1.29, 1.82) is 0 Å². The zero-order valence-electron chi connectivity index (χ0n) is 11.6. The molecule has 2 rings (SSSR count). The average Bonchev–Trinajstić information content (AvgIpc) is 2.46. The maximum atomic E-state index is 12.8. The number of halogens is 4. The maximum Gasteiger partial charge on any atom is 0.416 e. The molecular formula is C13H16ClF3N2O2S. The SMILES string of the molecule is NCC1CCCN(S(=O)(=O)c2cc(C(F)(F)F)ccc2Cl)C1. The van der Waals surface area contributed by atoms with Crippen LogP contribution < -0.4 is 5.73 Å². The first-order chi connectivity index (χ1) is 10.2. The van der Waals surface area contributed by atoms with E-state index in [1.54, 1.807) is 0 Å². The minimum absolute atomic E-state index is 0.00750. The fourth-order valence-electron chi connectivity index (χ4n) is 2.45. The van der Waals surface area contributed by atoms with Gasteiger partial charge in [0.05, 0.1) is 10.6 Å². The molecule has 1 aromatic rings. The molecule has 1 aromatic carbocycles. The third-order valence-corrected chi connectivity index (χ3v) is 6.04. The predicted molar refractivity (Wildman–Crippen MR) is 77.0 cm³/mol. The van der Waals surface area contributed by atoms with Crippen LogP contribution in [0.4, 0.5) is 13.2 Å². The average molecular weight is 357 g/mol. The van der Waals surface area contributed by atoms with Crippen molar-refractivity contribution in [2.75, 3.05) is 19.6 Å². The third kappa shape index (κ3) is 3.56. The Bertz CT molecular complexity index is 649. The smallest absolute Gasteiger partial charge is 0.330 e.